The van der Waals surface area contributed by atoms with Gasteiger partial charge in [0, 0.05) is 28.3 Å². The zero-order valence-corrected chi connectivity index (χ0v) is 13.8. The Kier molecular flexibility index (Phi) is 4.22. The number of benzene rings is 1. The number of carboxylic acid groups (broad SMARTS) is 1. The topological polar surface area (TPSA) is 52.6 Å². The van der Waals surface area contributed by atoms with Gasteiger partial charge < -0.3 is 15.3 Å². The smallest absolute Gasteiger partial charge is 0.335 e. The molecule has 0 aliphatic carbocycles. The summed E-state index contributed by atoms with van der Waals surface area (Å²) in [6, 6.07) is 7.04. The van der Waals surface area contributed by atoms with E-state index in [-0.39, 0.29) is 0 Å². The predicted octanol–water partition coefficient (Wildman–Crippen LogP) is 3.57. The maximum atomic E-state index is 11.0. The van der Waals surface area contributed by atoms with E-state index >= 15 is 0 Å². The molecule has 2 aliphatic heterocycles. The normalized spacial score (nSPS) is 29.1. The first-order chi connectivity index (χ1) is 10.0. The third kappa shape index (κ3) is 3.09. The van der Waals surface area contributed by atoms with Crippen molar-refractivity contribution >= 4 is 27.6 Å². The van der Waals surface area contributed by atoms with Gasteiger partial charge in [-0.05, 0) is 66.9 Å². The number of anilines is 1. The highest BCUT2D eigenvalue weighted by Crippen LogP contribution is 2.35. The summed E-state index contributed by atoms with van der Waals surface area (Å²) in [5.41, 5.74) is 1.31. The van der Waals surface area contributed by atoms with Crippen molar-refractivity contribution in [3.63, 3.8) is 0 Å². The molecule has 2 unspecified atom stereocenters. The van der Waals surface area contributed by atoms with E-state index in [4.69, 9.17) is 5.11 Å². The fourth-order valence-electron chi connectivity index (χ4n) is 3.72. The second-order valence-corrected chi connectivity index (χ2v) is 7.07. The molecule has 0 radical (unpaired) electrons. The average molecular weight is 353 g/mol. The molecular weight excluding hydrogens is 332 g/mol. The molecule has 0 saturated carbocycles. The van der Waals surface area contributed by atoms with Crippen LogP contribution in [-0.4, -0.2) is 41.1 Å². The summed E-state index contributed by atoms with van der Waals surface area (Å²) in [5.74, 6) is -0.893. The van der Waals surface area contributed by atoms with Crippen molar-refractivity contribution in [1.29, 1.82) is 0 Å². The van der Waals surface area contributed by atoms with Crippen LogP contribution in [0, 0.1) is 0 Å². The van der Waals surface area contributed by atoms with Crippen LogP contribution in [0.25, 0.3) is 0 Å². The number of piperidine rings is 2. The van der Waals surface area contributed by atoms with Gasteiger partial charge in [-0.2, -0.15) is 0 Å². The molecule has 2 heterocycles. The van der Waals surface area contributed by atoms with Crippen LogP contribution in [0.1, 0.15) is 42.5 Å². The van der Waals surface area contributed by atoms with E-state index in [0.717, 1.165) is 10.2 Å². The Morgan fingerprint density at radius 1 is 1.33 bits per heavy atom. The first-order valence-corrected chi connectivity index (χ1v) is 8.35. The SMILES string of the molecule is CN1C2CCCC1CC(Nc1ccc(C(=O)O)cc1Br)C2. The summed E-state index contributed by atoms with van der Waals surface area (Å²) >= 11 is 3.48. The van der Waals surface area contributed by atoms with Crippen molar-refractivity contribution in [1.82, 2.24) is 4.90 Å². The van der Waals surface area contributed by atoms with Gasteiger partial charge in [0.05, 0.1) is 5.56 Å². The Bertz CT molecular complexity index is 535. The quantitative estimate of drug-likeness (QED) is 0.872. The fraction of sp³-hybridized carbons (Fsp3) is 0.562. The monoisotopic (exact) mass is 352 g/mol. The maximum absolute atomic E-state index is 11.0. The second kappa shape index (κ2) is 5.97. The van der Waals surface area contributed by atoms with E-state index in [1.807, 2.05) is 6.07 Å². The molecule has 0 aromatic heterocycles. The fourth-order valence-corrected chi connectivity index (χ4v) is 4.21. The van der Waals surface area contributed by atoms with Crippen molar-refractivity contribution in [2.24, 2.45) is 0 Å². The number of aromatic carboxylic acids is 1. The Hall–Kier alpha value is -1.07. The maximum Gasteiger partial charge on any atom is 0.335 e. The lowest BCUT2D eigenvalue weighted by molar-refractivity contribution is 0.0608. The molecule has 2 saturated heterocycles. The minimum absolute atomic E-state index is 0.313. The highest BCUT2D eigenvalue weighted by molar-refractivity contribution is 9.10. The number of hydrogen-bond acceptors (Lipinski definition) is 3. The molecular formula is C16H21BrN2O2. The van der Waals surface area contributed by atoms with Crippen molar-refractivity contribution < 1.29 is 9.90 Å². The molecule has 2 N–H and O–H groups in total. The molecule has 4 nitrogen and oxygen atoms in total. The molecule has 2 fully saturated rings. The van der Waals surface area contributed by atoms with Crippen LogP contribution in [0.3, 0.4) is 0 Å². The molecule has 1 aromatic rings. The van der Waals surface area contributed by atoms with Crippen LogP contribution in [0.5, 0.6) is 0 Å². The summed E-state index contributed by atoms with van der Waals surface area (Å²) in [5, 5.41) is 12.6. The first-order valence-electron chi connectivity index (χ1n) is 7.56. The molecule has 5 heteroatoms. The summed E-state index contributed by atoms with van der Waals surface area (Å²) in [4.78, 5) is 13.5. The van der Waals surface area contributed by atoms with Gasteiger partial charge in [0.2, 0.25) is 0 Å². The van der Waals surface area contributed by atoms with Crippen LogP contribution in [0.15, 0.2) is 22.7 Å². The largest absolute Gasteiger partial charge is 0.478 e. The highest BCUT2D eigenvalue weighted by Gasteiger charge is 2.35. The van der Waals surface area contributed by atoms with Crippen molar-refractivity contribution in [3.05, 3.63) is 28.2 Å². The van der Waals surface area contributed by atoms with Crippen molar-refractivity contribution in [2.75, 3.05) is 12.4 Å². The van der Waals surface area contributed by atoms with Gasteiger partial charge in [-0.15, -0.1) is 0 Å². The Morgan fingerprint density at radius 3 is 2.57 bits per heavy atom. The van der Waals surface area contributed by atoms with Gasteiger partial charge in [-0.1, -0.05) is 6.42 Å². The third-order valence-corrected chi connectivity index (χ3v) is 5.57. The van der Waals surface area contributed by atoms with E-state index in [0.29, 0.717) is 23.7 Å². The molecule has 2 aliphatic rings. The average Bonchev–Trinajstić information content (AvgIpc) is 2.42. The number of rotatable bonds is 3. The number of carbonyl (C=O) groups is 1. The van der Waals surface area contributed by atoms with Gasteiger partial charge in [0.15, 0.2) is 0 Å². The minimum atomic E-state index is -0.893. The van der Waals surface area contributed by atoms with Crippen molar-refractivity contribution in [2.45, 2.75) is 50.2 Å². The molecule has 21 heavy (non-hydrogen) atoms. The number of hydrogen-bond donors (Lipinski definition) is 2. The van der Waals surface area contributed by atoms with Gasteiger partial charge in [-0.3, -0.25) is 0 Å². The number of fused-ring (bicyclic) bond motifs is 2. The number of carboxylic acids is 1. The molecule has 0 amide bonds. The molecule has 2 bridgehead atoms. The molecule has 2 atom stereocenters. The lowest BCUT2D eigenvalue weighted by atomic mass is 9.82. The third-order valence-electron chi connectivity index (χ3n) is 4.92. The van der Waals surface area contributed by atoms with Gasteiger partial charge in [0.1, 0.15) is 0 Å². The molecule has 0 spiro atoms. The zero-order valence-electron chi connectivity index (χ0n) is 12.2. The van der Waals surface area contributed by atoms with Crippen LogP contribution < -0.4 is 5.32 Å². The standard InChI is InChI=1S/C16H21BrN2O2/c1-19-12-3-2-4-13(19)9-11(8-12)18-15-6-5-10(16(20)21)7-14(15)17/h5-7,11-13,18H,2-4,8-9H2,1H3,(H,20,21). The number of nitrogens with one attached hydrogen (secondary N) is 1. The van der Waals surface area contributed by atoms with Gasteiger partial charge >= 0.3 is 5.97 Å². The summed E-state index contributed by atoms with van der Waals surface area (Å²) in [7, 11) is 2.25. The minimum Gasteiger partial charge on any atom is -0.478 e. The summed E-state index contributed by atoms with van der Waals surface area (Å²) < 4.78 is 0.825. The summed E-state index contributed by atoms with van der Waals surface area (Å²) in [6.07, 6.45) is 6.28. The zero-order chi connectivity index (χ0) is 15.0. The van der Waals surface area contributed by atoms with Crippen LogP contribution in [0.4, 0.5) is 5.69 Å². The first kappa shape index (κ1) is 14.9. The summed E-state index contributed by atoms with van der Waals surface area (Å²) in [6.45, 7) is 0. The van der Waals surface area contributed by atoms with E-state index in [9.17, 15) is 4.79 Å². The van der Waals surface area contributed by atoms with Gasteiger partial charge in [-0.25, -0.2) is 4.79 Å². The second-order valence-electron chi connectivity index (χ2n) is 6.22. The molecule has 114 valence electrons. The number of nitrogens with zero attached hydrogens (tertiary/aromatic N) is 1. The Morgan fingerprint density at radius 2 is 2.00 bits per heavy atom. The Balaban J connectivity index is 1.71. The van der Waals surface area contributed by atoms with Gasteiger partial charge in [0.25, 0.3) is 0 Å². The van der Waals surface area contributed by atoms with Crippen LogP contribution in [-0.2, 0) is 0 Å². The van der Waals surface area contributed by atoms with E-state index in [1.165, 1.54) is 32.1 Å². The molecule has 1 aromatic carbocycles. The van der Waals surface area contributed by atoms with E-state index in [1.54, 1.807) is 12.1 Å². The van der Waals surface area contributed by atoms with Crippen LogP contribution in [0.2, 0.25) is 0 Å². The molecule has 3 rings (SSSR count). The van der Waals surface area contributed by atoms with Crippen LogP contribution >= 0.6 is 15.9 Å². The highest BCUT2D eigenvalue weighted by atomic mass is 79.9. The van der Waals surface area contributed by atoms with E-state index in [2.05, 4.69) is 33.2 Å². The van der Waals surface area contributed by atoms with Crippen molar-refractivity contribution in [3.8, 4) is 0 Å². The lowest BCUT2D eigenvalue weighted by Crippen LogP contribution is -2.52. The lowest BCUT2D eigenvalue weighted by Gasteiger charge is -2.47. The Labute approximate surface area is 133 Å². The number of halogens is 1. The van der Waals surface area contributed by atoms with E-state index < -0.39 is 5.97 Å². The predicted molar refractivity (Wildman–Crippen MR) is 86.9 cm³/mol.